The lowest BCUT2D eigenvalue weighted by Gasteiger charge is -2.24. The van der Waals surface area contributed by atoms with Crippen molar-refractivity contribution in [2.45, 2.75) is 115 Å². The molecule has 3 amide bonds. The molecule has 0 saturated carbocycles. The molecule has 25 heteroatoms. The number of carboxylic acid groups (broad SMARTS) is 1. The minimum atomic E-state index is -1.14. The van der Waals surface area contributed by atoms with Crippen molar-refractivity contribution in [2.75, 3.05) is 74.7 Å². The lowest BCUT2D eigenvalue weighted by molar-refractivity contribution is -0.146. The van der Waals surface area contributed by atoms with Crippen LogP contribution < -0.4 is 21.7 Å². The minimum absolute atomic E-state index is 0.00588. The number of methoxy groups -OCH3 is 4. The number of nitrogens with one attached hydrogen (secondary N) is 3. The first-order valence-electron chi connectivity index (χ1n) is 29.2. The zero-order valence-electron chi connectivity index (χ0n) is 52.6. The highest BCUT2D eigenvalue weighted by atomic mass is 16.6. The van der Waals surface area contributed by atoms with Crippen molar-refractivity contribution in [3.8, 4) is 0 Å². The fraction of sp³-hybridized carbons (Fsp3) is 0.492. The van der Waals surface area contributed by atoms with Crippen LogP contribution in [0.15, 0.2) is 112 Å². The van der Waals surface area contributed by atoms with Gasteiger partial charge in [-0.2, -0.15) is 0 Å². The van der Waals surface area contributed by atoms with Crippen LogP contribution in [-0.4, -0.2) is 184 Å². The molecule has 90 heavy (non-hydrogen) atoms. The molecule has 0 spiro atoms. The van der Waals surface area contributed by atoms with Crippen LogP contribution in [0, 0.1) is 31.6 Å². The third-order valence-corrected chi connectivity index (χ3v) is 14.8. The number of aryl methyl sites for hydroxylation is 2. The molecule has 6 N–H and O–H groups in total. The van der Waals surface area contributed by atoms with Gasteiger partial charge in [0, 0.05) is 59.3 Å². The molecule has 488 valence electrons. The number of hydrogen-bond acceptors (Lipinski definition) is 21. The smallest absolute Gasteiger partial charge is 0.309 e. The first kappa shape index (κ1) is 72.7. The van der Waals surface area contributed by atoms with Gasteiger partial charge in [0.2, 0.25) is 5.91 Å². The lowest BCUT2D eigenvalue weighted by atomic mass is 9.90. The summed E-state index contributed by atoms with van der Waals surface area (Å²) in [5.41, 5.74) is 7.05. The maximum atomic E-state index is 13.3. The quantitative estimate of drug-likeness (QED) is 0.0367. The molecule has 25 nitrogen and oxygen atoms in total. The number of nitrogens with zero attached hydrogens (tertiary/aromatic N) is 2. The van der Waals surface area contributed by atoms with E-state index in [9.17, 15) is 43.2 Å². The summed E-state index contributed by atoms with van der Waals surface area (Å²) >= 11 is 0. The Bertz CT molecular complexity index is 3090. The van der Waals surface area contributed by atoms with Crippen molar-refractivity contribution in [3.63, 3.8) is 0 Å². The third kappa shape index (κ3) is 23.1. The molecule has 10 atom stereocenters. The van der Waals surface area contributed by atoms with E-state index in [-0.39, 0.29) is 87.0 Å². The monoisotopic (exact) mass is 1250 g/mol. The van der Waals surface area contributed by atoms with E-state index in [1.807, 2.05) is 92.7 Å². The van der Waals surface area contributed by atoms with Gasteiger partial charge < -0.3 is 69.0 Å². The summed E-state index contributed by atoms with van der Waals surface area (Å²) in [6.07, 6.45) is 1.13. The van der Waals surface area contributed by atoms with Crippen LogP contribution in [0.3, 0.4) is 0 Å². The molecule has 5 aromatic rings. The number of amides is 3. The summed E-state index contributed by atoms with van der Waals surface area (Å²) in [4.78, 5) is 111. The number of ketones is 5. The van der Waals surface area contributed by atoms with E-state index < -0.39 is 88.1 Å². The molecular weight excluding hydrogens is 1170 g/mol. The van der Waals surface area contributed by atoms with Gasteiger partial charge in [-0.05, 0) is 70.6 Å². The minimum Gasteiger partial charge on any atom is -0.481 e. The molecule has 0 bridgehead atoms. The molecule has 0 radical (unpaired) electrons. The Morgan fingerprint density at radius 1 is 0.522 bits per heavy atom. The molecule has 3 aliphatic heterocycles. The Morgan fingerprint density at radius 3 is 1.27 bits per heavy atom. The van der Waals surface area contributed by atoms with Gasteiger partial charge in [-0.1, -0.05) is 108 Å². The topological polar surface area (TPSA) is 363 Å². The predicted octanol–water partition coefficient (Wildman–Crippen LogP) is 4.21. The molecule has 8 rings (SSSR count). The van der Waals surface area contributed by atoms with Gasteiger partial charge in [0.25, 0.3) is 11.8 Å². The highest BCUT2D eigenvalue weighted by Gasteiger charge is 2.51. The average Bonchev–Trinajstić information content (AvgIpc) is 2.93. The van der Waals surface area contributed by atoms with Crippen molar-refractivity contribution in [3.05, 3.63) is 143 Å². The second-order valence-electron chi connectivity index (χ2n) is 22.9. The zero-order chi connectivity index (χ0) is 66.2. The van der Waals surface area contributed by atoms with Crippen LogP contribution in [0.4, 0.5) is 0 Å². The van der Waals surface area contributed by atoms with Crippen molar-refractivity contribution in [2.24, 2.45) is 23.5 Å². The summed E-state index contributed by atoms with van der Waals surface area (Å²) in [7, 11) is 5.53. The summed E-state index contributed by atoms with van der Waals surface area (Å²) in [6, 6.07) is 28.8. The standard InChI is InChI=1S/C26H33N3O8.C14H20N2O7.C13H16O2.C12H15NO2/c1-16-10-20(29-37-16)25(33)28-21(14-35-4)22(30)12-18(13-34-3)24(32)27-19(23(31)26(2)15-36-26)11-17-8-6-5-7-9-17;1-8-4-10(16-23-8)13(18)15-11(7-22-3)12(17)5-9(6-21-2)14(19)20;1-10(12(14)13(2)9-15-13)8-11-6-4-3-5-7-11;1-12(8-15-12)11(14)10(13)7-9-5-3-2-4-6-9/h5-10,18-19,21H,11-15H2,1-4H3,(H,27,32)(H,28,33);4,9,11H,5-7H2,1-3H3,(H,15,18)(H,19,20);3-7,10H,8-9H2,1-2H3;2-6,10H,7-8,13H2,1H3/t18-,19-,21-,26+;9-,11-;10-,13+;10-,12+/m0000/s1. The van der Waals surface area contributed by atoms with Gasteiger partial charge >= 0.3 is 5.97 Å². The van der Waals surface area contributed by atoms with E-state index in [4.69, 9.17) is 53.0 Å². The SMILES string of the molecule is COC[C@H](CC(=O)[C@H](COC)NC(=O)c1cc(C)on1)C(=O)N[C@@H](Cc1ccccc1)C(=O)[C@@]1(C)CO1.COC[C@H](CC(=O)[C@H](COC)NC(=O)c1cc(C)on1)C(=O)O.C[C@@H](Cc1ccccc1)C(=O)[C@@]1(C)CO1.C[C@]1(C(=O)[C@@H](N)Cc2ccccc2)CO1. The predicted molar refractivity (Wildman–Crippen MR) is 324 cm³/mol. The summed E-state index contributed by atoms with van der Waals surface area (Å²) in [6.45, 7) is 11.6. The van der Waals surface area contributed by atoms with Gasteiger partial charge in [0.05, 0.1) is 70.2 Å². The van der Waals surface area contributed by atoms with E-state index in [0.29, 0.717) is 31.2 Å². The Kier molecular flexibility index (Phi) is 28.1. The molecule has 3 fully saturated rings. The van der Waals surface area contributed by atoms with Crippen LogP contribution in [0.5, 0.6) is 0 Å². The Balaban J connectivity index is 0.000000236. The third-order valence-electron chi connectivity index (χ3n) is 14.8. The van der Waals surface area contributed by atoms with Crippen molar-refractivity contribution in [1.29, 1.82) is 0 Å². The summed E-state index contributed by atoms with van der Waals surface area (Å²) in [5.74, 6) is -4.71. The van der Waals surface area contributed by atoms with Gasteiger partial charge in [-0.25, -0.2) is 0 Å². The van der Waals surface area contributed by atoms with Crippen molar-refractivity contribution >= 4 is 52.6 Å². The normalized spacial score (nSPS) is 19.9. The number of nitrogens with two attached hydrogens (primary N) is 1. The van der Waals surface area contributed by atoms with Crippen molar-refractivity contribution in [1.82, 2.24) is 26.3 Å². The average molecular weight is 1250 g/mol. The fourth-order valence-corrected chi connectivity index (χ4v) is 9.20. The maximum absolute atomic E-state index is 13.3. The van der Waals surface area contributed by atoms with Crippen LogP contribution in [0.1, 0.15) is 89.7 Å². The highest BCUT2D eigenvalue weighted by Crippen LogP contribution is 2.32. The second-order valence-corrected chi connectivity index (χ2v) is 22.9. The molecule has 3 saturated heterocycles. The first-order chi connectivity index (χ1) is 42.8. The fourth-order valence-electron chi connectivity index (χ4n) is 9.20. The number of benzene rings is 3. The van der Waals surface area contributed by atoms with Gasteiger partial charge in [-0.3, -0.25) is 43.2 Å². The van der Waals surface area contributed by atoms with Gasteiger partial charge in [-0.15, -0.1) is 0 Å². The number of hydrogen-bond donors (Lipinski definition) is 5. The number of carboxylic acids is 1. The number of rotatable bonds is 33. The second kappa shape index (κ2) is 34.8. The molecule has 0 unspecified atom stereocenters. The number of Topliss-reactive ketones (excluding diaryl/α,β-unsaturated/α-hetero) is 5. The van der Waals surface area contributed by atoms with Crippen LogP contribution in [-0.2, 0) is 86.0 Å². The number of aromatic nitrogens is 2. The Labute approximate surface area is 523 Å². The first-order valence-corrected chi connectivity index (χ1v) is 29.2. The molecule has 2 aromatic heterocycles. The zero-order valence-corrected chi connectivity index (χ0v) is 52.6. The van der Waals surface area contributed by atoms with E-state index in [0.717, 1.165) is 17.5 Å². The van der Waals surface area contributed by atoms with E-state index in [1.165, 1.54) is 46.1 Å². The van der Waals surface area contributed by atoms with Crippen molar-refractivity contribution < 1.29 is 90.5 Å². The number of ether oxygens (including phenoxy) is 7. The number of carbonyl (C=O) groups excluding carboxylic acids is 8. The van der Waals surface area contributed by atoms with E-state index >= 15 is 0 Å². The highest BCUT2D eigenvalue weighted by molar-refractivity contribution is 6.00. The maximum Gasteiger partial charge on any atom is 0.309 e. The molecular formula is C65H84N6O19. The Hall–Kier alpha value is -8.01. The van der Waals surface area contributed by atoms with Gasteiger partial charge in [0.1, 0.15) is 40.4 Å². The molecule has 3 aliphatic rings. The van der Waals surface area contributed by atoms with Crippen LogP contribution in [0.2, 0.25) is 0 Å². The summed E-state index contributed by atoms with van der Waals surface area (Å²) in [5, 5.41) is 24.1. The van der Waals surface area contributed by atoms with Crippen LogP contribution in [0.25, 0.3) is 0 Å². The number of epoxide rings is 3. The molecule has 0 aliphatic carbocycles. The number of aliphatic carboxylic acids is 1. The Morgan fingerprint density at radius 2 is 0.889 bits per heavy atom. The summed E-state index contributed by atoms with van der Waals surface area (Å²) < 4.78 is 45.3. The largest absolute Gasteiger partial charge is 0.481 e. The van der Waals surface area contributed by atoms with E-state index in [1.54, 1.807) is 27.7 Å². The number of carbonyl (C=O) groups is 9. The van der Waals surface area contributed by atoms with Gasteiger partial charge in [0.15, 0.2) is 40.3 Å². The van der Waals surface area contributed by atoms with Crippen LogP contribution >= 0.6 is 0 Å². The lowest BCUT2D eigenvalue weighted by Crippen LogP contribution is -2.51. The molecule has 5 heterocycles. The van der Waals surface area contributed by atoms with E-state index in [2.05, 4.69) is 38.4 Å². The molecule has 3 aromatic carbocycles.